The Balaban J connectivity index is 1.69. The molecule has 0 unspecified atom stereocenters. The molecular formula is C21H20Cl2N2O. The van der Waals surface area contributed by atoms with Gasteiger partial charge < -0.3 is 10.6 Å². The Kier molecular flexibility index (Phi) is 5.82. The molecule has 0 saturated carbocycles. The molecule has 1 atom stereocenters. The first-order chi connectivity index (χ1) is 12.5. The highest BCUT2D eigenvalue weighted by Gasteiger charge is 2.14. The molecule has 3 aromatic rings. The summed E-state index contributed by atoms with van der Waals surface area (Å²) in [6.45, 7) is 4.07. The highest BCUT2D eigenvalue weighted by molar-refractivity contribution is 6.40. The van der Waals surface area contributed by atoms with Crippen LogP contribution in [0.2, 0.25) is 10.0 Å². The Bertz CT molecular complexity index is 951. The largest absolute Gasteiger partial charge is 0.322 e. The van der Waals surface area contributed by atoms with Crippen LogP contribution in [0.3, 0.4) is 0 Å². The number of carbonyl (C=O) groups is 1. The lowest BCUT2D eigenvalue weighted by atomic mass is 10.00. The van der Waals surface area contributed by atoms with Crippen LogP contribution in [-0.4, -0.2) is 12.5 Å². The molecule has 0 aromatic heterocycles. The number of benzene rings is 3. The molecule has 2 N–H and O–H groups in total. The van der Waals surface area contributed by atoms with Crippen molar-refractivity contribution in [1.82, 2.24) is 5.32 Å². The van der Waals surface area contributed by atoms with Crippen molar-refractivity contribution < 1.29 is 4.79 Å². The Morgan fingerprint density at radius 3 is 2.58 bits per heavy atom. The summed E-state index contributed by atoms with van der Waals surface area (Å²) < 4.78 is 0. The number of carbonyl (C=O) groups excluding carboxylic acids is 1. The molecule has 0 aliphatic heterocycles. The van der Waals surface area contributed by atoms with Crippen LogP contribution in [0.25, 0.3) is 10.8 Å². The molecule has 1 amide bonds. The van der Waals surface area contributed by atoms with Crippen LogP contribution in [0.5, 0.6) is 0 Å². The highest BCUT2D eigenvalue weighted by Crippen LogP contribution is 2.32. The molecule has 5 heteroatoms. The second-order valence-electron chi connectivity index (χ2n) is 6.27. The van der Waals surface area contributed by atoms with Gasteiger partial charge in [0.2, 0.25) is 5.91 Å². The number of fused-ring (bicyclic) bond motifs is 1. The molecule has 0 radical (unpaired) electrons. The van der Waals surface area contributed by atoms with Crippen LogP contribution in [0.1, 0.15) is 24.1 Å². The number of aryl methyl sites for hydroxylation is 1. The molecule has 3 nitrogen and oxygen atoms in total. The molecule has 0 saturated heterocycles. The Morgan fingerprint density at radius 1 is 1.04 bits per heavy atom. The maximum absolute atomic E-state index is 12.3. The molecule has 3 rings (SSSR count). The number of nitrogens with one attached hydrogen (secondary N) is 2. The van der Waals surface area contributed by atoms with Gasteiger partial charge >= 0.3 is 0 Å². The number of rotatable bonds is 5. The Morgan fingerprint density at radius 2 is 1.77 bits per heavy atom. The average Bonchev–Trinajstić information content (AvgIpc) is 2.66. The van der Waals surface area contributed by atoms with Gasteiger partial charge in [0.25, 0.3) is 0 Å². The van der Waals surface area contributed by atoms with Crippen molar-refractivity contribution in [3.63, 3.8) is 0 Å². The van der Waals surface area contributed by atoms with E-state index in [4.69, 9.17) is 23.2 Å². The number of hydrogen-bond donors (Lipinski definition) is 2. The highest BCUT2D eigenvalue weighted by atomic mass is 35.5. The minimum Gasteiger partial charge on any atom is -0.322 e. The maximum Gasteiger partial charge on any atom is 0.238 e. The van der Waals surface area contributed by atoms with Crippen LogP contribution < -0.4 is 10.6 Å². The van der Waals surface area contributed by atoms with E-state index in [1.54, 1.807) is 6.07 Å². The quantitative estimate of drug-likeness (QED) is 0.586. The van der Waals surface area contributed by atoms with Crippen molar-refractivity contribution in [2.24, 2.45) is 0 Å². The molecule has 26 heavy (non-hydrogen) atoms. The van der Waals surface area contributed by atoms with Gasteiger partial charge in [0.1, 0.15) is 0 Å². The van der Waals surface area contributed by atoms with E-state index in [-0.39, 0.29) is 18.5 Å². The number of halogens is 2. The summed E-state index contributed by atoms with van der Waals surface area (Å²) in [5, 5.41) is 9.32. The van der Waals surface area contributed by atoms with Gasteiger partial charge in [-0.25, -0.2) is 0 Å². The zero-order valence-corrected chi connectivity index (χ0v) is 16.2. The van der Waals surface area contributed by atoms with Gasteiger partial charge in [0, 0.05) is 6.04 Å². The minimum atomic E-state index is -0.188. The first-order valence-electron chi connectivity index (χ1n) is 8.43. The lowest BCUT2D eigenvalue weighted by Gasteiger charge is -2.17. The summed E-state index contributed by atoms with van der Waals surface area (Å²) in [5.74, 6) is -0.188. The molecule has 134 valence electrons. The fraction of sp³-hybridized carbons (Fsp3) is 0.190. The van der Waals surface area contributed by atoms with Crippen LogP contribution in [0, 0.1) is 6.92 Å². The van der Waals surface area contributed by atoms with E-state index in [2.05, 4.69) is 34.9 Å². The summed E-state index contributed by atoms with van der Waals surface area (Å²) in [4.78, 5) is 12.3. The molecule has 3 aromatic carbocycles. The van der Waals surface area contributed by atoms with Crippen molar-refractivity contribution in [1.29, 1.82) is 0 Å². The summed E-state index contributed by atoms with van der Waals surface area (Å²) >= 11 is 12.4. The van der Waals surface area contributed by atoms with Gasteiger partial charge in [0.05, 0.1) is 22.3 Å². The third-order valence-electron chi connectivity index (χ3n) is 4.41. The first kappa shape index (κ1) is 18.7. The van der Waals surface area contributed by atoms with Gasteiger partial charge in [-0.2, -0.15) is 0 Å². The fourth-order valence-corrected chi connectivity index (χ4v) is 3.40. The van der Waals surface area contributed by atoms with Gasteiger partial charge in [-0.1, -0.05) is 71.7 Å². The van der Waals surface area contributed by atoms with E-state index < -0.39 is 0 Å². The summed E-state index contributed by atoms with van der Waals surface area (Å²) in [6, 6.07) is 18.0. The topological polar surface area (TPSA) is 41.1 Å². The van der Waals surface area contributed by atoms with Crippen molar-refractivity contribution in [3.8, 4) is 0 Å². The lowest BCUT2D eigenvalue weighted by Crippen LogP contribution is -2.30. The monoisotopic (exact) mass is 386 g/mol. The second kappa shape index (κ2) is 8.09. The average molecular weight is 387 g/mol. The van der Waals surface area contributed by atoms with Crippen LogP contribution in [-0.2, 0) is 4.79 Å². The number of anilines is 1. The number of hydrogen-bond acceptors (Lipinski definition) is 2. The Labute approximate surface area is 163 Å². The van der Waals surface area contributed by atoms with E-state index in [1.165, 1.54) is 10.8 Å². The summed E-state index contributed by atoms with van der Waals surface area (Å²) in [6.07, 6.45) is 0. The third kappa shape index (κ3) is 4.01. The maximum atomic E-state index is 12.3. The lowest BCUT2D eigenvalue weighted by molar-refractivity contribution is -0.115. The predicted octanol–water partition coefficient (Wildman–Crippen LogP) is 5.74. The van der Waals surface area contributed by atoms with Crippen LogP contribution in [0.15, 0.2) is 54.6 Å². The van der Waals surface area contributed by atoms with E-state index in [0.29, 0.717) is 15.7 Å². The molecule has 0 bridgehead atoms. The summed E-state index contributed by atoms with van der Waals surface area (Å²) in [5.41, 5.74) is 2.48. The SMILES string of the molecule is Cc1ccc(Cl)c(NC(=O)CN[C@H](C)c2cccc3ccccc23)c1Cl. The van der Waals surface area contributed by atoms with Crippen LogP contribution in [0.4, 0.5) is 5.69 Å². The third-order valence-corrected chi connectivity index (χ3v) is 5.21. The Hall–Kier alpha value is -2.07. The van der Waals surface area contributed by atoms with Gasteiger partial charge in [-0.05, 0) is 41.8 Å². The minimum absolute atomic E-state index is 0.0234. The van der Waals surface area contributed by atoms with Crippen molar-refractivity contribution >= 4 is 45.6 Å². The molecule has 0 fully saturated rings. The van der Waals surface area contributed by atoms with E-state index in [0.717, 1.165) is 11.1 Å². The molecule has 0 aliphatic carbocycles. The summed E-state index contributed by atoms with van der Waals surface area (Å²) in [7, 11) is 0. The predicted molar refractivity (Wildman–Crippen MR) is 110 cm³/mol. The van der Waals surface area contributed by atoms with Crippen molar-refractivity contribution in [2.45, 2.75) is 19.9 Å². The second-order valence-corrected chi connectivity index (χ2v) is 7.06. The molecular weight excluding hydrogens is 367 g/mol. The van der Waals surface area contributed by atoms with E-state index in [9.17, 15) is 4.79 Å². The normalized spacial score (nSPS) is 12.2. The van der Waals surface area contributed by atoms with E-state index >= 15 is 0 Å². The van der Waals surface area contributed by atoms with Crippen LogP contribution >= 0.6 is 23.2 Å². The fourth-order valence-electron chi connectivity index (χ4n) is 2.94. The molecule has 0 heterocycles. The number of amides is 1. The zero-order valence-electron chi connectivity index (χ0n) is 14.6. The van der Waals surface area contributed by atoms with Gasteiger partial charge in [-0.3, -0.25) is 4.79 Å². The van der Waals surface area contributed by atoms with Crippen molar-refractivity contribution in [3.05, 3.63) is 75.8 Å². The molecule has 0 spiro atoms. The van der Waals surface area contributed by atoms with Crippen molar-refractivity contribution in [2.75, 3.05) is 11.9 Å². The standard InChI is InChI=1S/C21H20Cl2N2O/c1-13-10-11-18(22)21(20(13)23)25-19(26)12-24-14(2)16-9-5-7-15-6-3-4-8-17(15)16/h3-11,14,24H,12H2,1-2H3,(H,25,26)/t14-/m1/s1. The zero-order chi connectivity index (χ0) is 18.7. The van der Waals surface area contributed by atoms with Gasteiger partial charge in [-0.15, -0.1) is 0 Å². The molecule has 0 aliphatic rings. The smallest absolute Gasteiger partial charge is 0.238 e. The van der Waals surface area contributed by atoms with Gasteiger partial charge in [0.15, 0.2) is 0 Å². The van der Waals surface area contributed by atoms with E-state index in [1.807, 2.05) is 38.1 Å². The first-order valence-corrected chi connectivity index (χ1v) is 9.18.